The lowest BCUT2D eigenvalue weighted by Gasteiger charge is -2.11. The highest BCUT2D eigenvalue weighted by molar-refractivity contribution is 6.12. The van der Waals surface area contributed by atoms with Crippen LogP contribution in [-0.2, 0) is 6.42 Å². The smallest absolute Gasteiger partial charge is 0.200 e. The Labute approximate surface area is 123 Å². The number of ketones is 1. The lowest BCUT2D eigenvalue weighted by Crippen LogP contribution is -2.06. The zero-order chi connectivity index (χ0) is 14.8. The van der Waals surface area contributed by atoms with Crippen LogP contribution in [0.25, 0.3) is 0 Å². The molecule has 0 saturated heterocycles. The van der Waals surface area contributed by atoms with Crippen molar-refractivity contribution in [1.29, 1.82) is 0 Å². The second-order valence-corrected chi connectivity index (χ2v) is 4.79. The van der Waals surface area contributed by atoms with Gasteiger partial charge in [0.15, 0.2) is 5.78 Å². The van der Waals surface area contributed by atoms with Crippen LogP contribution < -0.4 is 14.2 Å². The highest BCUT2D eigenvalue weighted by atomic mass is 16.5. The molecule has 0 aliphatic carbocycles. The molecule has 0 spiro atoms. The monoisotopic (exact) mass is 284 g/mol. The van der Waals surface area contributed by atoms with Gasteiger partial charge in [-0.15, -0.1) is 0 Å². The molecular formula is C17H16O4. The van der Waals surface area contributed by atoms with Crippen molar-refractivity contribution in [3.05, 3.63) is 53.1 Å². The lowest BCUT2D eigenvalue weighted by atomic mass is 9.99. The highest BCUT2D eigenvalue weighted by Gasteiger charge is 2.23. The number of hydrogen-bond acceptors (Lipinski definition) is 4. The summed E-state index contributed by atoms with van der Waals surface area (Å²) in [6.45, 7) is 0.624. The predicted molar refractivity (Wildman–Crippen MR) is 78.6 cm³/mol. The van der Waals surface area contributed by atoms with Crippen molar-refractivity contribution < 1.29 is 19.0 Å². The molecule has 1 aliphatic heterocycles. The molecule has 2 aromatic rings. The Hall–Kier alpha value is -2.49. The molecule has 0 aromatic heterocycles. The topological polar surface area (TPSA) is 44.8 Å². The molecule has 0 radical (unpaired) electrons. The number of para-hydroxylation sites is 1. The Bertz CT molecular complexity index is 691. The largest absolute Gasteiger partial charge is 0.497 e. The van der Waals surface area contributed by atoms with E-state index < -0.39 is 0 Å². The molecule has 2 aromatic carbocycles. The highest BCUT2D eigenvalue weighted by Crippen LogP contribution is 2.33. The first kappa shape index (κ1) is 13.5. The SMILES string of the molecule is COc1ccc(C(=O)c2cccc3c2OCC3)c(OC)c1. The number of benzene rings is 2. The number of hydrogen-bond donors (Lipinski definition) is 0. The Morgan fingerprint density at radius 2 is 1.95 bits per heavy atom. The second-order valence-electron chi connectivity index (χ2n) is 4.79. The Kier molecular flexibility index (Phi) is 3.52. The third-order valence-electron chi connectivity index (χ3n) is 3.61. The average molecular weight is 284 g/mol. The molecule has 0 saturated carbocycles. The molecule has 108 valence electrons. The minimum atomic E-state index is -0.103. The van der Waals surface area contributed by atoms with Crippen molar-refractivity contribution in [2.45, 2.75) is 6.42 Å². The molecule has 0 fully saturated rings. The van der Waals surface area contributed by atoms with Gasteiger partial charge in [-0.2, -0.15) is 0 Å². The van der Waals surface area contributed by atoms with Crippen molar-refractivity contribution >= 4 is 5.78 Å². The number of rotatable bonds is 4. The number of fused-ring (bicyclic) bond motifs is 1. The zero-order valence-corrected chi connectivity index (χ0v) is 12.0. The number of carbonyl (C=O) groups is 1. The van der Waals surface area contributed by atoms with E-state index >= 15 is 0 Å². The van der Waals surface area contributed by atoms with Gasteiger partial charge in [-0.3, -0.25) is 4.79 Å². The van der Waals surface area contributed by atoms with E-state index in [2.05, 4.69) is 0 Å². The van der Waals surface area contributed by atoms with Crippen molar-refractivity contribution in [3.63, 3.8) is 0 Å². The normalized spacial score (nSPS) is 12.5. The van der Waals surface area contributed by atoms with E-state index in [1.807, 2.05) is 12.1 Å². The minimum Gasteiger partial charge on any atom is -0.497 e. The molecule has 1 heterocycles. The average Bonchev–Trinajstić information content (AvgIpc) is 3.02. The van der Waals surface area contributed by atoms with Crippen LogP contribution in [0, 0.1) is 0 Å². The Morgan fingerprint density at radius 3 is 2.71 bits per heavy atom. The molecule has 0 bridgehead atoms. The summed E-state index contributed by atoms with van der Waals surface area (Å²) in [7, 11) is 3.12. The van der Waals surface area contributed by atoms with Crippen LogP contribution in [0.3, 0.4) is 0 Å². The van der Waals surface area contributed by atoms with Crippen molar-refractivity contribution in [2.75, 3.05) is 20.8 Å². The summed E-state index contributed by atoms with van der Waals surface area (Å²) in [5.41, 5.74) is 2.16. The molecular weight excluding hydrogens is 268 g/mol. The summed E-state index contributed by atoms with van der Waals surface area (Å²) in [4.78, 5) is 12.8. The molecule has 0 N–H and O–H groups in total. The number of methoxy groups -OCH3 is 2. The Morgan fingerprint density at radius 1 is 1.10 bits per heavy atom. The van der Waals surface area contributed by atoms with E-state index in [9.17, 15) is 4.79 Å². The van der Waals surface area contributed by atoms with Crippen molar-refractivity contribution in [3.8, 4) is 17.2 Å². The summed E-state index contributed by atoms with van der Waals surface area (Å²) in [6, 6.07) is 10.8. The number of ether oxygens (including phenoxy) is 3. The van der Waals surface area contributed by atoms with Crippen LogP contribution in [0.1, 0.15) is 21.5 Å². The molecule has 0 unspecified atom stereocenters. The maximum atomic E-state index is 12.8. The molecule has 1 aliphatic rings. The van der Waals surface area contributed by atoms with E-state index in [0.29, 0.717) is 35.0 Å². The van der Waals surface area contributed by atoms with Crippen molar-refractivity contribution in [2.24, 2.45) is 0 Å². The van der Waals surface area contributed by atoms with Gasteiger partial charge in [-0.25, -0.2) is 0 Å². The van der Waals surface area contributed by atoms with Gasteiger partial charge in [0.2, 0.25) is 0 Å². The summed E-state index contributed by atoms with van der Waals surface area (Å²) < 4.78 is 16.1. The van der Waals surface area contributed by atoms with Gasteiger partial charge >= 0.3 is 0 Å². The van der Waals surface area contributed by atoms with Gasteiger partial charge in [0.25, 0.3) is 0 Å². The summed E-state index contributed by atoms with van der Waals surface area (Å²) in [6.07, 6.45) is 0.843. The van der Waals surface area contributed by atoms with E-state index in [1.165, 1.54) is 7.11 Å². The van der Waals surface area contributed by atoms with Gasteiger partial charge in [0, 0.05) is 12.5 Å². The molecule has 0 amide bonds. The standard InChI is InChI=1S/C17H16O4/c1-19-12-6-7-13(15(10-12)20-2)16(18)14-5-3-4-11-8-9-21-17(11)14/h3-7,10H,8-9H2,1-2H3. The van der Waals surface area contributed by atoms with Crippen LogP contribution in [0.4, 0.5) is 0 Å². The van der Waals surface area contributed by atoms with Gasteiger partial charge in [-0.05, 0) is 23.8 Å². The second kappa shape index (κ2) is 5.48. The third kappa shape index (κ3) is 2.33. The summed E-state index contributed by atoms with van der Waals surface area (Å²) >= 11 is 0. The minimum absolute atomic E-state index is 0.103. The fourth-order valence-corrected chi connectivity index (χ4v) is 2.53. The van der Waals surface area contributed by atoms with Gasteiger partial charge in [0.05, 0.1) is 32.0 Å². The van der Waals surface area contributed by atoms with Crippen LogP contribution in [0.2, 0.25) is 0 Å². The van der Waals surface area contributed by atoms with Crippen molar-refractivity contribution in [1.82, 2.24) is 0 Å². The summed E-state index contributed by atoms with van der Waals surface area (Å²) in [5.74, 6) is 1.74. The molecule has 4 nitrogen and oxygen atoms in total. The van der Waals surface area contributed by atoms with Crippen LogP contribution in [0.15, 0.2) is 36.4 Å². The zero-order valence-electron chi connectivity index (χ0n) is 12.0. The van der Waals surface area contributed by atoms with E-state index in [0.717, 1.165) is 12.0 Å². The molecule has 4 heteroatoms. The van der Waals surface area contributed by atoms with Gasteiger partial charge in [-0.1, -0.05) is 12.1 Å². The fourth-order valence-electron chi connectivity index (χ4n) is 2.53. The van der Waals surface area contributed by atoms with E-state index in [-0.39, 0.29) is 5.78 Å². The molecule has 3 rings (SSSR count). The molecule has 21 heavy (non-hydrogen) atoms. The van der Waals surface area contributed by atoms with Crippen LogP contribution in [0.5, 0.6) is 17.2 Å². The van der Waals surface area contributed by atoms with Gasteiger partial charge < -0.3 is 14.2 Å². The maximum absolute atomic E-state index is 12.8. The lowest BCUT2D eigenvalue weighted by molar-refractivity contribution is 0.103. The van der Waals surface area contributed by atoms with Gasteiger partial charge in [0.1, 0.15) is 17.2 Å². The van der Waals surface area contributed by atoms with E-state index in [4.69, 9.17) is 14.2 Å². The maximum Gasteiger partial charge on any atom is 0.200 e. The fraction of sp³-hybridized carbons (Fsp3) is 0.235. The molecule has 0 atom stereocenters. The first-order valence-electron chi connectivity index (χ1n) is 6.76. The summed E-state index contributed by atoms with van der Waals surface area (Å²) in [5, 5.41) is 0. The third-order valence-corrected chi connectivity index (χ3v) is 3.61. The van der Waals surface area contributed by atoms with Crippen LogP contribution in [-0.4, -0.2) is 26.6 Å². The predicted octanol–water partition coefficient (Wildman–Crippen LogP) is 2.87. The first-order valence-corrected chi connectivity index (χ1v) is 6.76. The van der Waals surface area contributed by atoms with E-state index in [1.54, 1.807) is 31.4 Å². The van der Waals surface area contributed by atoms with Crippen LogP contribution >= 0.6 is 0 Å². The Balaban J connectivity index is 2.05. The first-order chi connectivity index (χ1) is 10.2. The number of carbonyl (C=O) groups excluding carboxylic acids is 1. The quantitative estimate of drug-likeness (QED) is 0.810.